The van der Waals surface area contributed by atoms with Gasteiger partial charge in [-0.05, 0) is 55.4 Å². The molecule has 3 rings (SSSR count). The number of rotatable bonds is 5. The van der Waals surface area contributed by atoms with Gasteiger partial charge in [0, 0.05) is 30.7 Å². The van der Waals surface area contributed by atoms with Gasteiger partial charge in [0.25, 0.3) is 0 Å². The number of urea groups is 1. The molecule has 2 aromatic rings. The highest BCUT2D eigenvalue weighted by molar-refractivity contribution is 5.89. The van der Waals surface area contributed by atoms with Crippen LogP contribution in [0.1, 0.15) is 31.2 Å². The Balaban J connectivity index is 1.51. The number of anilines is 1. The van der Waals surface area contributed by atoms with Gasteiger partial charge >= 0.3 is 6.03 Å². The van der Waals surface area contributed by atoms with E-state index in [-0.39, 0.29) is 18.7 Å². The van der Waals surface area contributed by atoms with Crippen molar-refractivity contribution in [3.63, 3.8) is 0 Å². The maximum Gasteiger partial charge on any atom is 0.319 e. The molecule has 0 saturated heterocycles. The third-order valence-corrected chi connectivity index (χ3v) is 4.53. The standard InChI is InChI=1S/C18H24N4O2/c23-13-14-5-7-16(8-6-14)20-18(24)21-17-4-1-3-15(11-17)12-22-10-2-9-19-22/h1-4,9-11,14,16,23H,5-8,12-13H2,(H2,20,21,24). The van der Waals surface area contributed by atoms with Crippen LogP contribution in [0.15, 0.2) is 42.7 Å². The van der Waals surface area contributed by atoms with E-state index in [0.717, 1.165) is 36.9 Å². The minimum Gasteiger partial charge on any atom is -0.396 e. The van der Waals surface area contributed by atoms with E-state index in [4.69, 9.17) is 5.11 Å². The molecule has 0 atom stereocenters. The number of aliphatic hydroxyl groups excluding tert-OH is 1. The van der Waals surface area contributed by atoms with Crippen molar-refractivity contribution in [1.29, 1.82) is 0 Å². The zero-order chi connectivity index (χ0) is 16.8. The van der Waals surface area contributed by atoms with Crippen LogP contribution >= 0.6 is 0 Å². The average Bonchev–Trinajstić information content (AvgIpc) is 3.09. The highest BCUT2D eigenvalue weighted by Crippen LogP contribution is 2.23. The van der Waals surface area contributed by atoms with Crippen LogP contribution in [0.5, 0.6) is 0 Å². The Labute approximate surface area is 141 Å². The lowest BCUT2D eigenvalue weighted by atomic mass is 9.87. The molecule has 3 N–H and O–H groups in total. The normalized spacial score (nSPS) is 20.5. The number of hydrogen-bond acceptors (Lipinski definition) is 3. The second-order valence-corrected chi connectivity index (χ2v) is 6.40. The number of carbonyl (C=O) groups excluding carboxylic acids is 1. The van der Waals surface area contributed by atoms with Crippen molar-refractivity contribution in [3.8, 4) is 0 Å². The molecule has 0 unspecified atom stereocenters. The van der Waals surface area contributed by atoms with Crippen molar-refractivity contribution in [3.05, 3.63) is 48.3 Å². The molecule has 2 amide bonds. The summed E-state index contributed by atoms with van der Waals surface area (Å²) in [5, 5.41) is 19.3. The quantitative estimate of drug-likeness (QED) is 0.789. The first-order chi connectivity index (χ1) is 11.7. The summed E-state index contributed by atoms with van der Waals surface area (Å²) in [6.45, 7) is 0.928. The van der Waals surface area contributed by atoms with Crippen LogP contribution in [-0.4, -0.2) is 33.6 Å². The summed E-state index contributed by atoms with van der Waals surface area (Å²) in [5.41, 5.74) is 1.86. The molecule has 6 nitrogen and oxygen atoms in total. The van der Waals surface area contributed by atoms with Crippen molar-refractivity contribution in [1.82, 2.24) is 15.1 Å². The second kappa shape index (κ2) is 7.97. The minimum atomic E-state index is -0.168. The summed E-state index contributed by atoms with van der Waals surface area (Å²) in [6.07, 6.45) is 7.47. The summed E-state index contributed by atoms with van der Waals surface area (Å²) < 4.78 is 1.85. The zero-order valence-electron chi connectivity index (χ0n) is 13.7. The predicted molar refractivity (Wildman–Crippen MR) is 92.8 cm³/mol. The van der Waals surface area contributed by atoms with Gasteiger partial charge in [-0.25, -0.2) is 4.79 Å². The lowest BCUT2D eigenvalue weighted by Gasteiger charge is -2.27. The van der Waals surface area contributed by atoms with Gasteiger partial charge in [-0.1, -0.05) is 12.1 Å². The smallest absolute Gasteiger partial charge is 0.319 e. The van der Waals surface area contributed by atoms with Crippen LogP contribution in [0.3, 0.4) is 0 Å². The van der Waals surface area contributed by atoms with Gasteiger partial charge in [-0.3, -0.25) is 4.68 Å². The molecule has 1 heterocycles. The lowest BCUT2D eigenvalue weighted by molar-refractivity contribution is 0.176. The molecule has 1 saturated carbocycles. The van der Waals surface area contributed by atoms with Crippen molar-refractivity contribution in [2.75, 3.05) is 11.9 Å². The second-order valence-electron chi connectivity index (χ2n) is 6.40. The van der Waals surface area contributed by atoms with E-state index >= 15 is 0 Å². The third-order valence-electron chi connectivity index (χ3n) is 4.53. The Morgan fingerprint density at radius 3 is 2.79 bits per heavy atom. The fourth-order valence-corrected chi connectivity index (χ4v) is 3.17. The molecule has 6 heteroatoms. The van der Waals surface area contributed by atoms with Crippen LogP contribution in [0.2, 0.25) is 0 Å². The van der Waals surface area contributed by atoms with Crippen LogP contribution in [0, 0.1) is 5.92 Å². The number of benzene rings is 1. The van der Waals surface area contributed by atoms with E-state index in [9.17, 15) is 4.79 Å². The molecule has 1 aromatic heterocycles. The maximum absolute atomic E-state index is 12.2. The largest absolute Gasteiger partial charge is 0.396 e. The summed E-state index contributed by atoms with van der Waals surface area (Å²) in [4.78, 5) is 12.2. The first-order valence-electron chi connectivity index (χ1n) is 8.47. The summed E-state index contributed by atoms with van der Waals surface area (Å²) in [7, 11) is 0. The molecular formula is C18H24N4O2. The molecule has 1 fully saturated rings. The van der Waals surface area contributed by atoms with Gasteiger partial charge in [0.2, 0.25) is 0 Å². The highest BCUT2D eigenvalue weighted by atomic mass is 16.3. The van der Waals surface area contributed by atoms with E-state index < -0.39 is 0 Å². The van der Waals surface area contributed by atoms with Crippen LogP contribution in [0.25, 0.3) is 0 Å². The lowest BCUT2D eigenvalue weighted by Crippen LogP contribution is -2.40. The number of hydrogen-bond donors (Lipinski definition) is 3. The molecule has 1 aliphatic carbocycles. The predicted octanol–water partition coefficient (Wildman–Crippen LogP) is 2.60. The van der Waals surface area contributed by atoms with Gasteiger partial charge in [0.1, 0.15) is 0 Å². The van der Waals surface area contributed by atoms with E-state index in [2.05, 4.69) is 15.7 Å². The van der Waals surface area contributed by atoms with E-state index in [0.29, 0.717) is 12.5 Å². The van der Waals surface area contributed by atoms with E-state index in [1.807, 2.05) is 41.2 Å². The van der Waals surface area contributed by atoms with Gasteiger partial charge in [0.15, 0.2) is 0 Å². The first-order valence-corrected chi connectivity index (χ1v) is 8.47. The minimum absolute atomic E-state index is 0.168. The van der Waals surface area contributed by atoms with Crippen LogP contribution in [-0.2, 0) is 6.54 Å². The summed E-state index contributed by atoms with van der Waals surface area (Å²) in [5.74, 6) is 0.394. The van der Waals surface area contributed by atoms with Crippen LogP contribution in [0.4, 0.5) is 10.5 Å². The van der Waals surface area contributed by atoms with Crippen molar-refractivity contribution >= 4 is 11.7 Å². The molecule has 0 bridgehead atoms. The number of nitrogens with one attached hydrogen (secondary N) is 2. The summed E-state index contributed by atoms with van der Waals surface area (Å²) >= 11 is 0. The number of nitrogens with zero attached hydrogens (tertiary/aromatic N) is 2. The SMILES string of the molecule is O=C(Nc1cccc(Cn2cccn2)c1)NC1CCC(CO)CC1. The number of aromatic nitrogens is 2. The van der Waals surface area contributed by atoms with Gasteiger partial charge in [-0.2, -0.15) is 5.10 Å². The molecule has 128 valence electrons. The van der Waals surface area contributed by atoms with Crippen molar-refractivity contribution in [2.24, 2.45) is 5.92 Å². The Morgan fingerprint density at radius 1 is 1.25 bits per heavy atom. The number of carbonyl (C=O) groups is 1. The Kier molecular flexibility index (Phi) is 5.48. The summed E-state index contributed by atoms with van der Waals surface area (Å²) in [6, 6.07) is 9.71. The van der Waals surface area contributed by atoms with Gasteiger partial charge in [-0.15, -0.1) is 0 Å². The zero-order valence-corrected chi connectivity index (χ0v) is 13.7. The Bertz CT molecular complexity index is 649. The molecule has 1 aliphatic rings. The molecular weight excluding hydrogens is 304 g/mol. The number of aliphatic hydroxyl groups is 1. The molecule has 1 aromatic carbocycles. The Morgan fingerprint density at radius 2 is 2.08 bits per heavy atom. The van der Waals surface area contributed by atoms with Gasteiger partial charge in [0.05, 0.1) is 6.54 Å². The highest BCUT2D eigenvalue weighted by Gasteiger charge is 2.21. The maximum atomic E-state index is 12.2. The monoisotopic (exact) mass is 328 g/mol. The van der Waals surface area contributed by atoms with Crippen LogP contribution < -0.4 is 10.6 Å². The molecule has 0 spiro atoms. The molecule has 0 radical (unpaired) electrons. The van der Waals surface area contributed by atoms with Crippen molar-refractivity contribution < 1.29 is 9.90 Å². The Hall–Kier alpha value is -2.34. The fraction of sp³-hybridized carbons (Fsp3) is 0.444. The number of amides is 2. The van der Waals surface area contributed by atoms with E-state index in [1.54, 1.807) is 6.20 Å². The van der Waals surface area contributed by atoms with Gasteiger partial charge < -0.3 is 15.7 Å². The first kappa shape index (κ1) is 16.5. The van der Waals surface area contributed by atoms with E-state index in [1.165, 1.54) is 0 Å². The molecule has 24 heavy (non-hydrogen) atoms. The fourth-order valence-electron chi connectivity index (χ4n) is 3.17. The third kappa shape index (κ3) is 4.58. The average molecular weight is 328 g/mol. The molecule has 0 aliphatic heterocycles. The van der Waals surface area contributed by atoms with Crippen molar-refractivity contribution in [2.45, 2.75) is 38.3 Å². The topological polar surface area (TPSA) is 79.2 Å².